The number of carbonyl (C=O) groups excluding carboxylic acids is 1. The second kappa shape index (κ2) is 9.05. The largest absolute Gasteiger partial charge is 0.383 e. The van der Waals surface area contributed by atoms with Crippen molar-refractivity contribution in [3.63, 3.8) is 0 Å². The summed E-state index contributed by atoms with van der Waals surface area (Å²) < 4.78 is 0. The molecule has 27 heavy (non-hydrogen) atoms. The SMILES string of the molecule is CCN(CC)CCNc1ccc(NC(=O)c2cnccn2)c2ncccc12. The molecule has 0 saturated heterocycles. The van der Waals surface area contributed by atoms with Crippen LogP contribution in [0.25, 0.3) is 10.9 Å². The van der Waals surface area contributed by atoms with Crippen LogP contribution in [0.5, 0.6) is 0 Å². The maximum atomic E-state index is 12.4. The molecule has 0 aliphatic rings. The molecule has 1 amide bonds. The number of hydrogen-bond acceptors (Lipinski definition) is 6. The Balaban J connectivity index is 1.79. The number of nitrogens with one attached hydrogen (secondary N) is 2. The Hall–Kier alpha value is -3.06. The zero-order chi connectivity index (χ0) is 19.1. The van der Waals surface area contributed by atoms with E-state index in [2.05, 4.69) is 44.3 Å². The maximum Gasteiger partial charge on any atom is 0.275 e. The van der Waals surface area contributed by atoms with Crippen LogP contribution >= 0.6 is 0 Å². The standard InChI is InChI=1S/C20H24N6O/c1-3-26(4-2)13-12-23-16-7-8-17(19-15(16)6-5-9-24-19)25-20(27)18-14-21-10-11-22-18/h5-11,14,23H,3-4,12-13H2,1-2H3,(H,25,27). The molecule has 2 N–H and O–H groups in total. The molecule has 0 aliphatic carbocycles. The number of pyridine rings is 1. The van der Waals surface area contributed by atoms with Gasteiger partial charge in [-0.2, -0.15) is 0 Å². The fourth-order valence-electron chi connectivity index (χ4n) is 2.92. The van der Waals surface area contributed by atoms with E-state index in [-0.39, 0.29) is 11.6 Å². The zero-order valence-electron chi connectivity index (χ0n) is 15.6. The highest BCUT2D eigenvalue weighted by Gasteiger charge is 2.12. The van der Waals surface area contributed by atoms with Gasteiger partial charge in [-0.1, -0.05) is 13.8 Å². The lowest BCUT2D eigenvalue weighted by atomic mass is 10.1. The number of amides is 1. The van der Waals surface area contributed by atoms with Gasteiger partial charge in [0.1, 0.15) is 5.69 Å². The van der Waals surface area contributed by atoms with Crippen molar-refractivity contribution >= 4 is 28.2 Å². The third-order valence-corrected chi connectivity index (χ3v) is 4.45. The van der Waals surface area contributed by atoms with Gasteiger partial charge >= 0.3 is 0 Å². The molecule has 7 nitrogen and oxygen atoms in total. The lowest BCUT2D eigenvalue weighted by molar-refractivity contribution is 0.102. The number of nitrogens with zero attached hydrogens (tertiary/aromatic N) is 4. The number of benzene rings is 1. The Morgan fingerprint density at radius 1 is 1.04 bits per heavy atom. The fraction of sp³-hybridized carbons (Fsp3) is 0.300. The lowest BCUT2D eigenvalue weighted by Crippen LogP contribution is -2.28. The van der Waals surface area contributed by atoms with Gasteiger partial charge in [0.2, 0.25) is 0 Å². The Labute approximate surface area is 158 Å². The van der Waals surface area contributed by atoms with E-state index in [1.165, 1.54) is 18.6 Å². The molecule has 0 aliphatic heterocycles. The van der Waals surface area contributed by atoms with E-state index in [0.29, 0.717) is 5.69 Å². The minimum atomic E-state index is -0.308. The van der Waals surface area contributed by atoms with Gasteiger partial charge in [0.15, 0.2) is 0 Å². The first-order valence-electron chi connectivity index (χ1n) is 9.14. The third-order valence-electron chi connectivity index (χ3n) is 4.45. The molecule has 0 saturated carbocycles. The summed E-state index contributed by atoms with van der Waals surface area (Å²) in [5, 5.41) is 7.33. The third kappa shape index (κ3) is 4.57. The molecule has 0 unspecified atom stereocenters. The molecule has 0 spiro atoms. The van der Waals surface area contributed by atoms with Crippen LogP contribution < -0.4 is 10.6 Å². The fourth-order valence-corrected chi connectivity index (χ4v) is 2.92. The molecule has 1 aromatic carbocycles. The van der Waals surface area contributed by atoms with E-state index in [1.807, 2.05) is 24.3 Å². The second-order valence-corrected chi connectivity index (χ2v) is 6.06. The number of anilines is 2. The van der Waals surface area contributed by atoms with E-state index in [0.717, 1.165) is 42.8 Å². The molecule has 2 aromatic heterocycles. The Morgan fingerprint density at radius 2 is 1.85 bits per heavy atom. The minimum absolute atomic E-state index is 0.267. The predicted octanol–water partition coefficient (Wildman–Crippen LogP) is 3.03. The van der Waals surface area contributed by atoms with Crippen molar-refractivity contribution in [2.45, 2.75) is 13.8 Å². The highest BCUT2D eigenvalue weighted by Crippen LogP contribution is 2.28. The molecule has 2 heterocycles. The number of carbonyl (C=O) groups is 1. The summed E-state index contributed by atoms with van der Waals surface area (Å²) in [6.07, 6.45) is 6.19. The van der Waals surface area contributed by atoms with Crippen LogP contribution in [0.4, 0.5) is 11.4 Å². The number of hydrogen-bond donors (Lipinski definition) is 2. The Kier molecular flexibility index (Phi) is 6.27. The van der Waals surface area contributed by atoms with Crippen molar-refractivity contribution < 1.29 is 4.79 Å². The lowest BCUT2D eigenvalue weighted by Gasteiger charge is -2.19. The first kappa shape index (κ1) is 18.7. The Bertz CT molecular complexity index is 895. The van der Waals surface area contributed by atoms with E-state index in [4.69, 9.17) is 0 Å². The van der Waals surface area contributed by atoms with E-state index >= 15 is 0 Å². The monoisotopic (exact) mass is 364 g/mol. The zero-order valence-corrected chi connectivity index (χ0v) is 15.6. The topological polar surface area (TPSA) is 83.0 Å². The van der Waals surface area contributed by atoms with Crippen LogP contribution in [-0.2, 0) is 0 Å². The van der Waals surface area contributed by atoms with Crippen LogP contribution in [0.15, 0.2) is 49.1 Å². The summed E-state index contributed by atoms with van der Waals surface area (Å²) in [6.45, 7) is 8.22. The second-order valence-electron chi connectivity index (χ2n) is 6.06. The van der Waals surface area contributed by atoms with Crippen molar-refractivity contribution in [3.8, 4) is 0 Å². The summed E-state index contributed by atoms with van der Waals surface area (Å²) in [5.41, 5.74) is 2.66. The molecule has 0 radical (unpaired) electrons. The summed E-state index contributed by atoms with van der Waals surface area (Å²) in [6, 6.07) is 7.73. The molecule has 3 rings (SSSR count). The minimum Gasteiger partial charge on any atom is -0.383 e. The summed E-state index contributed by atoms with van der Waals surface area (Å²) in [5.74, 6) is -0.308. The van der Waals surface area contributed by atoms with Gasteiger partial charge in [0.25, 0.3) is 5.91 Å². The van der Waals surface area contributed by atoms with E-state index in [1.54, 1.807) is 6.20 Å². The molecular weight excluding hydrogens is 340 g/mol. The van der Waals surface area contributed by atoms with Crippen LogP contribution in [0.3, 0.4) is 0 Å². The van der Waals surface area contributed by atoms with Crippen LogP contribution in [0.2, 0.25) is 0 Å². The smallest absolute Gasteiger partial charge is 0.275 e. The number of fused-ring (bicyclic) bond motifs is 1. The van der Waals surface area contributed by atoms with Crippen molar-refractivity contribution in [1.82, 2.24) is 19.9 Å². The molecule has 3 aromatic rings. The molecule has 0 atom stereocenters. The van der Waals surface area contributed by atoms with Crippen LogP contribution in [-0.4, -0.2) is 51.9 Å². The first-order valence-corrected chi connectivity index (χ1v) is 9.14. The van der Waals surface area contributed by atoms with Crippen LogP contribution in [0.1, 0.15) is 24.3 Å². The predicted molar refractivity (Wildman–Crippen MR) is 108 cm³/mol. The molecule has 140 valence electrons. The van der Waals surface area contributed by atoms with Gasteiger partial charge in [0.05, 0.1) is 17.4 Å². The highest BCUT2D eigenvalue weighted by atomic mass is 16.1. The normalized spacial score (nSPS) is 10.9. The first-order chi connectivity index (χ1) is 13.2. The molecule has 7 heteroatoms. The van der Waals surface area contributed by atoms with Gasteiger partial charge in [-0.25, -0.2) is 4.98 Å². The van der Waals surface area contributed by atoms with Gasteiger partial charge in [-0.15, -0.1) is 0 Å². The summed E-state index contributed by atoms with van der Waals surface area (Å²) in [4.78, 5) is 27.2. The average molecular weight is 364 g/mol. The molecule has 0 bridgehead atoms. The van der Waals surface area contributed by atoms with E-state index < -0.39 is 0 Å². The van der Waals surface area contributed by atoms with Crippen molar-refractivity contribution in [2.75, 3.05) is 36.8 Å². The van der Waals surface area contributed by atoms with Crippen molar-refractivity contribution in [2.24, 2.45) is 0 Å². The average Bonchev–Trinajstić information content (AvgIpc) is 2.73. The summed E-state index contributed by atoms with van der Waals surface area (Å²) >= 11 is 0. The van der Waals surface area contributed by atoms with Gasteiger partial charge in [-0.3, -0.25) is 14.8 Å². The van der Waals surface area contributed by atoms with Gasteiger partial charge in [0, 0.05) is 42.8 Å². The number of likely N-dealkylation sites (N-methyl/N-ethyl adjacent to an activating group) is 1. The van der Waals surface area contributed by atoms with Crippen LogP contribution in [0, 0.1) is 0 Å². The Morgan fingerprint density at radius 3 is 2.59 bits per heavy atom. The highest BCUT2D eigenvalue weighted by molar-refractivity contribution is 6.09. The van der Waals surface area contributed by atoms with Crippen molar-refractivity contribution in [3.05, 3.63) is 54.7 Å². The quantitative estimate of drug-likeness (QED) is 0.639. The van der Waals surface area contributed by atoms with Gasteiger partial charge in [-0.05, 0) is 37.4 Å². The number of rotatable bonds is 8. The van der Waals surface area contributed by atoms with Gasteiger partial charge < -0.3 is 15.5 Å². The summed E-state index contributed by atoms with van der Waals surface area (Å²) in [7, 11) is 0. The molecular formula is C20H24N6O. The number of aromatic nitrogens is 3. The van der Waals surface area contributed by atoms with Crippen molar-refractivity contribution in [1.29, 1.82) is 0 Å². The van der Waals surface area contributed by atoms with E-state index in [9.17, 15) is 4.79 Å². The molecule has 0 fully saturated rings. The maximum absolute atomic E-state index is 12.4.